The van der Waals surface area contributed by atoms with Gasteiger partial charge in [-0.1, -0.05) is 171 Å². The number of unbranched alkanes of at least 4 members (excludes halogenated alkanes) is 18. The molecule has 10 heteroatoms. The van der Waals surface area contributed by atoms with Crippen molar-refractivity contribution in [2.75, 3.05) is 20.3 Å². The number of phosphoric acid groups is 1. The number of esters is 2. The predicted octanol–water partition coefficient (Wildman–Crippen LogP) is 9.95. The van der Waals surface area contributed by atoms with Crippen molar-refractivity contribution in [3.8, 4) is 0 Å². The number of ether oxygens (including phenoxy) is 2. The molecule has 1 N–H and O–H groups in total. The molecule has 304 valence electrons. The van der Waals surface area contributed by atoms with E-state index in [1.807, 2.05) is 0 Å². The molecule has 4 rings (SSSR count). The van der Waals surface area contributed by atoms with Gasteiger partial charge in [0.15, 0.2) is 6.10 Å². The number of benzene rings is 4. The van der Waals surface area contributed by atoms with Crippen LogP contribution in [0.15, 0.2) is 54.6 Å². The third kappa shape index (κ3) is 17.4. The zero-order valence-corrected chi connectivity index (χ0v) is 37.6. The van der Waals surface area contributed by atoms with Crippen LogP contribution in [0.25, 0.3) is 32.3 Å². The minimum absolute atomic E-state index is 0. The Labute approximate surface area is 358 Å². The van der Waals surface area contributed by atoms with Crippen LogP contribution in [-0.4, -0.2) is 43.3 Å². The first-order chi connectivity index (χ1) is 26.8. The summed E-state index contributed by atoms with van der Waals surface area (Å²) < 4.78 is 32.1. The van der Waals surface area contributed by atoms with Gasteiger partial charge in [-0.25, -0.2) is 4.57 Å². The van der Waals surface area contributed by atoms with Gasteiger partial charge in [0.2, 0.25) is 0 Å². The molecule has 0 radical (unpaired) electrons. The summed E-state index contributed by atoms with van der Waals surface area (Å²) >= 11 is 0. The summed E-state index contributed by atoms with van der Waals surface area (Å²) in [7, 11) is -3.22. The molecule has 0 saturated carbocycles. The maximum atomic E-state index is 12.6. The van der Waals surface area contributed by atoms with Crippen molar-refractivity contribution in [3.05, 3.63) is 60.2 Å². The zero-order chi connectivity index (χ0) is 39.1. The van der Waals surface area contributed by atoms with E-state index < -0.39 is 26.5 Å². The fourth-order valence-electron chi connectivity index (χ4n) is 7.62. The topological polar surface area (TPSA) is 108 Å². The quantitative estimate of drug-likeness (QED) is 0.0176. The summed E-state index contributed by atoms with van der Waals surface area (Å²) in [5, 5.41) is 8.02. The number of rotatable bonds is 31. The van der Waals surface area contributed by atoms with E-state index in [0.29, 0.717) is 6.42 Å². The van der Waals surface area contributed by atoms with Crippen LogP contribution in [0.3, 0.4) is 0 Å². The molecule has 1 unspecified atom stereocenters. The Hall–Kier alpha value is -2.03. The Bertz CT molecular complexity index is 1730. The van der Waals surface area contributed by atoms with Gasteiger partial charge < -0.3 is 14.4 Å². The van der Waals surface area contributed by atoms with E-state index in [1.54, 1.807) is 0 Å². The summed E-state index contributed by atoms with van der Waals surface area (Å²) in [6, 6.07) is 20.1. The largest absolute Gasteiger partial charge is 1.00 e. The van der Waals surface area contributed by atoms with Crippen molar-refractivity contribution >= 4 is 52.1 Å². The van der Waals surface area contributed by atoms with Crippen LogP contribution >= 0.6 is 7.82 Å². The molecule has 0 aromatic heterocycles. The second-order valence-electron chi connectivity index (χ2n) is 15.3. The molecule has 56 heavy (non-hydrogen) atoms. The van der Waals surface area contributed by atoms with Crippen LogP contribution in [0.5, 0.6) is 0 Å². The van der Waals surface area contributed by atoms with E-state index in [9.17, 15) is 19.0 Å². The second-order valence-corrected chi connectivity index (χ2v) is 16.9. The van der Waals surface area contributed by atoms with Gasteiger partial charge in [-0.15, -0.1) is 0 Å². The van der Waals surface area contributed by atoms with Gasteiger partial charge in [0.05, 0.1) is 6.61 Å². The summed E-state index contributed by atoms with van der Waals surface area (Å²) in [6.07, 6.45) is 23.7. The molecule has 0 spiro atoms. The van der Waals surface area contributed by atoms with Gasteiger partial charge in [-0.3, -0.25) is 18.6 Å². The van der Waals surface area contributed by atoms with Gasteiger partial charge in [0.25, 0.3) is 0 Å². The van der Waals surface area contributed by atoms with E-state index in [2.05, 4.69) is 66.0 Å². The number of hydrogen-bond donors (Lipinski definition) is 1. The summed E-state index contributed by atoms with van der Waals surface area (Å²) in [4.78, 5) is 34.7. The monoisotopic (exact) mass is 801 g/mol. The molecule has 0 aliphatic rings. The first-order valence-corrected chi connectivity index (χ1v) is 22.8. The number of phosphoric ester groups is 1. The van der Waals surface area contributed by atoms with Crippen LogP contribution in [0.1, 0.15) is 154 Å². The van der Waals surface area contributed by atoms with Gasteiger partial charge in [-0.05, 0) is 63.6 Å². The molecule has 4 aromatic rings. The minimum Gasteiger partial charge on any atom is -0.462 e. The van der Waals surface area contributed by atoms with E-state index in [1.165, 1.54) is 109 Å². The first kappa shape index (κ1) is 48.3. The summed E-state index contributed by atoms with van der Waals surface area (Å²) in [5.41, 5.74) is 1.42. The number of aryl methyl sites for hydroxylation is 1. The van der Waals surface area contributed by atoms with Gasteiger partial charge in [0.1, 0.15) is 6.61 Å². The maximum Gasteiger partial charge on any atom is 1.00 e. The van der Waals surface area contributed by atoms with Crippen LogP contribution < -0.4 is 29.6 Å². The zero-order valence-electron chi connectivity index (χ0n) is 34.7. The van der Waals surface area contributed by atoms with E-state index in [-0.39, 0.29) is 55.0 Å². The molecule has 0 aliphatic carbocycles. The molecule has 0 heterocycles. The molecule has 4 aromatic carbocycles. The molecule has 0 amide bonds. The van der Waals surface area contributed by atoms with Gasteiger partial charge >= 0.3 is 49.3 Å². The van der Waals surface area contributed by atoms with E-state index in [4.69, 9.17) is 14.0 Å². The second kappa shape index (κ2) is 27.6. The summed E-state index contributed by atoms with van der Waals surface area (Å²) in [5.74, 6) is -0.821. The van der Waals surface area contributed by atoms with Crippen LogP contribution in [-0.2, 0) is 39.1 Å². The van der Waals surface area contributed by atoms with Crippen molar-refractivity contribution in [1.82, 2.24) is 0 Å². The SMILES string of the molecule is CCCCCCCCCCCCCCCC(=O)OC[C@H](COP(=O)(O)OC)OC(=O)CCCCCCCCCc1ccc2ccc3cccc4ccc1c2c34.[Na+]. The average Bonchev–Trinajstić information content (AvgIpc) is 3.19. The average molecular weight is 802 g/mol. The Balaban J connectivity index is 0.00000841. The van der Waals surface area contributed by atoms with Crippen LogP contribution in [0.2, 0.25) is 0 Å². The minimum atomic E-state index is -4.28. The molecule has 8 nitrogen and oxygen atoms in total. The third-order valence-corrected chi connectivity index (χ3v) is 11.7. The molecule has 0 fully saturated rings. The number of hydrogen-bond acceptors (Lipinski definition) is 7. The third-order valence-electron chi connectivity index (χ3n) is 10.8. The Kier molecular flexibility index (Phi) is 23.8. The molecule has 0 aliphatic heterocycles. The van der Waals surface area contributed by atoms with Crippen LogP contribution in [0, 0.1) is 0 Å². The predicted molar refractivity (Wildman–Crippen MR) is 225 cm³/mol. The number of carbonyl (C=O) groups excluding carboxylic acids is 2. The van der Waals surface area contributed by atoms with Crippen molar-refractivity contribution in [3.63, 3.8) is 0 Å². The Morgan fingerprint density at radius 2 is 1.09 bits per heavy atom. The van der Waals surface area contributed by atoms with E-state index >= 15 is 0 Å². The van der Waals surface area contributed by atoms with Gasteiger partial charge in [0, 0.05) is 20.0 Å². The van der Waals surface area contributed by atoms with Gasteiger partial charge in [-0.2, -0.15) is 0 Å². The smallest absolute Gasteiger partial charge is 0.462 e. The standard InChI is InChI=1S/C46H67O8P.Na/c1-3-4-5-6-7-8-9-10-11-12-15-18-21-27-43(47)52-35-41(36-53-55(49,50)51-2)54-44(48)28-22-19-16-13-14-17-20-24-37-29-30-40-32-31-38-25-23-26-39-33-34-42(37)46(40)45(38)39;/h23,25-26,29-34,41H,3-22,24,27-28,35-36H2,1-2H3,(H,49,50);/q;+1/t41-;/m1./s1. The fraction of sp³-hybridized carbons (Fsp3) is 0.609. The van der Waals surface area contributed by atoms with E-state index in [0.717, 1.165) is 64.9 Å². The van der Waals surface area contributed by atoms with Crippen molar-refractivity contribution in [2.45, 2.75) is 161 Å². The normalized spacial score (nSPS) is 13.2. The molecular formula is C46H67NaO8P+. The fourth-order valence-corrected chi connectivity index (χ4v) is 8.08. The maximum absolute atomic E-state index is 12.6. The molecule has 0 bridgehead atoms. The first-order valence-electron chi connectivity index (χ1n) is 21.3. The van der Waals surface area contributed by atoms with Crippen molar-refractivity contribution in [1.29, 1.82) is 0 Å². The Morgan fingerprint density at radius 3 is 1.66 bits per heavy atom. The van der Waals surface area contributed by atoms with Crippen LogP contribution in [0.4, 0.5) is 0 Å². The van der Waals surface area contributed by atoms with Crippen molar-refractivity contribution < 1.29 is 67.1 Å². The summed E-state index contributed by atoms with van der Waals surface area (Å²) in [6.45, 7) is 1.61. The molecular weight excluding hydrogens is 734 g/mol. The molecule has 0 saturated heterocycles. The number of carbonyl (C=O) groups is 2. The molecule has 2 atom stereocenters. The Morgan fingerprint density at radius 1 is 0.607 bits per heavy atom. The van der Waals surface area contributed by atoms with Crippen molar-refractivity contribution in [2.24, 2.45) is 0 Å².